The largest absolute Gasteiger partial charge is 0.397 e. The molecule has 1 heterocycles. The first kappa shape index (κ1) is 13.7. The zero-order valence-corrected chi connectivity index (χ0v) is 9.68. The maximum atomic E-state index is 11.0. The summed E-state index contributed by atoms with van der Waals surface area (Å²) in [6.45, 7) is 0.548. The Morgan fingerprint density at radius 3 is 2.72 bits per heavy atom. The molecule has 8 nitrogen and oxygen atoms in total. The highest BCUT2D eigenvalue weighted by Gasteiger charge is 2.07. The quantitative estimate of drug-likeness (QED) is 0.443. The SMILES string of the molecule is NC(=O)COCCNc1cc(C(N)=O)c(N)cn1. The summed E-state index contributed by atoms with van der Waals surface area (Å²) in [5, 5.41) is 2.89. The fraction of sp³-hybridized carbons (Fsp3) is 0.300. The van der Waals surface area contributed by atoms with Gasteiger partial charge in [-0.2, -0.15) is 0 Å². The standard InChI is InChI=1S/C10H15N5O3/c11-7-4-15-9(3-6(7)10(13)17)14-1-2-18-5-8(12)16/h3-4H,1-2,5,11H2,(H2,12,16)(H2,13,17)(H,14,15). The topological polar surface area (TPSA) is 146 Å². The predicted molar refractivity (Wildman–Crippen MR) is 65.7 cm³/mol. The minimum Gasteiger partial charge on any atom is -0.397 e. The van der Waals surface area contributed by atoms with Crippen molar-refractivity contribution in [1.29, 1.82) is 0 Å². The summed E-state index contributed by atoms with van der Waals surface area (Å²) in [5.74, 6) is -0.708. The fourth-order valence-electron chi connectivity index (χ4n) is 1.20. The van der Waals surface area contributed by atoms with E-state index >= 15 is 0 Å². The number of nitrogens with zero attached hydrogens (tertiary/aromatic N) is 1. The van der Waals surface area contributed by atoms with Crippen LogP contribution in [-0.4, -0.2) is 36.6 Å². The van der Waals surface area contributed by atoms with Crippen molar-refractivity contribution >= 4 is 23.3 Å². The van der Waals surface area contributed by atoms with Crippen molar-refractivity contribution in [2.75, 3.05) is 30.8 Å². The van der Waals surface area contributed by atoms with Gasteiger partial charge in [0.15, 0.2) is 0 Å². The van der Waals surface area contributed by atoms with E-state index < -0.39 is 11.8 Å². The normalized spacial score (nSPS) is 10.0. The highest BCUT2D eigenvalue weighted by Crippen LogP contribution is 2.13. The van der Waals surface area contributed by atoms with E-state index in [4.69, 9.17) is 21.9 Å². The van der Waals surface area contributed by atoms with Gasteiger partial charge in [0.2, 0.25) is 5.91 Å². The number of carbonyl (C=O) groups excluding carboxylic acids is 2. The van der Waals surface area contributed by atoms with E-state index in [0.29, 0.717) is 12.4 Å². The average molecular weight is 253 g/mol. The molecule has 1 aromatic rings. The van der Waals surface area contributed by atoms with Crippen molar-refractivity contribution in [2.45, 2.75) is 0 Å². The molecule has 18 heavy (non-hydrogen) atoms. The van der Waals surface area contributed by atoms with E-state index in [1.807, 2.05) is 0 Å². The first-order valence-corrected chi connectivity index (χ1v) is 5.16. The van der Waals surface area contributed by atoms with Crippen LogP contribution in [0.3, 0.4) is 0 Å². The van der Waals surface area contributed by atoms with E-state index in [-0.39, 0.29) is 24.5 Å². The predicted octanol–water partition coefficient (Wildman–Crippen LogP) is -1.32. The zero-order valence-electron chi connectivity index (χ0n) is 9.68. The lowest BCUT2D eigenvalue weighted by atomic mass is 10.2. The van der Waals surface area contributed by atoms with Crippen molar-refractivity contribution < 1.29 is 14.3 Å². The van der Waals surface area contributed by atoms with Crippen molar-refractivity contribution in [3.63, 3.8) is 0 Å². The van der Waals surface area contributed by atoms with Gasteiger partial charge in [0.05, 0.1) is 24.1 Å². The Bertz CT molecular complexity index is 449. The van der Waals surface area contributed by atoms with Crippen LogP contribution in [-0.2, 0) is 9.53 Å². The number of aromatic nitrogens is 1. The van der Waals surface area contributed by atoms with Crippen LogP contribution in [0.25, 0.3) is 0 Å². The van der Waals surface area contributed by atoms with E-state index in [1.165, 1.54) is 12.3 Å². The third-order valence-electron chi connectivity index (χ3n) is 2.00. The summed E-state index contributed by atoms with van der Waals surface area (Å²) in [5.41, 5.74) is 16.0. The number of nitrogens with one attached hydrogen (secondary N) is 1. The van der Waals surface area contributed by atoms with Gasteiger partial charge in [-0.1, -0.05) is 0 Å². The molecule has 7 N–H and O–H groups in total. The molecule has 1 rings (SSSR count). The third kappa shape index (κ3) is 4.26. The molecule has 0 radical (unpaired) electrons. The Morgan fingerprint density at radius 2 is 2.11 bits per heavy atom. The fourth-order valence-corrected chi connectivity index (χ4v) is 1.20. The van der Waals surface area contributed by atoms with Crippen LogP contribution in [0, 0.1) is 0 Å². The summed E-state index contributed by atoms with van der Waals surface area (Å²) in [6.07, 6.45) is 1.34. The summed E-state index contributed by atoms with van der Waals surface area (Å²) in [7, 11) is 0. The number of rotatable bonds is 7. The summed E-state index contributed by atoms with van der Waals surface area (Å²) in [4.78, 5) is 25.4. The molecule has 1 aromatic heterocycles. The molecule has 0 spiro atoms. The second-order valence-corrected chi connectivity index (χ2v) is 3.47. The van der Waals surface area contributed by atoms with Gasteiger partial charge in [-0.05, 0) is 6.07 Å². The molecule has 0 saturated carbocycles. The number of pyridine rings is 1. The Morgan fingerprint density at radius 1 is 1.39 bits per heavy atom. The Balaban J connectivity index is 2.45. The number of amides is 2. The molecule has 0 fully saturated rings. The van der Waals surface area contributed by atoms with Crippen molar-refractivity contribution in [1.82, 2.24) is 4.98 Å². The number of anilines is 2. The van der Waals surface area contributed by atoms with E-state index in [0.717, 1.165) is 0 Å². The zero-order chi connectivity index (χ0) is 13.5. The van der Waals surface area contributed by atoms with Crippen LogP contribution < -0.4 is 22.5 Å². The Kier molecular flexibility index (Phi) is 4.88. The molecule has 8 heteroatoms. The maximum Gasteiger partial charge on any atom is 0.250 e. The molecule has 2 amide bonds. The summed E-state index contributed by atoms with van der Waals surface area (Å²) in [6, 6.07) is 1.45. The molecular formula is C10H15N5O3. The van der Waals surface area contributed by atoms with Crippen LogP contribution in [0.15, 0.2) is 12.3 Å². The average Bonchev–Trinajstić information content (AvgIpc) is 2.30. The van der Waals surface area contributed by atoms with Crippen molar-refractivity contribution in [3.05, 3.63) is 17.8 Å². The smallest absolute Gasteiger partial charge is 0.250 e. The second-order valence-electron chi connectivity index (χ2n) is 3.47. The van der Waals surface area contributed by atoms with Crippen LogP contribution in [0.4, 0.5) is 11.5 Å². The molecule has 0 saturated heterocycles. The monoisotopic (exact) mass is 253 g/mol. The lowest BCUT2D eigenvalue weighted by molar-refractivity contribution is -0.122. The van der Waals surface area contributed by atoms with E-state index in [2.05, 4.69) is 10.3 Å². The minimum absolute atomic E-state index is 0.136. The third-order valence-corrected chi connectivity index (χ3v) is 2.00. The summed E-state index contributed by atoms with van der Waals surface area (Å²) >= 11 is 0. The number of nitrogens with two attached hydrogens (primary N) is 3. The van der Waals surface area contributed by atoms with E-state index in [1.54, 1.807) is 0 Å². The van der Waals surface area contributed by atoms with E-state index in [9.17, 15) is 9.59 Å². The van der Waals surface area contributed by atoms with Crippen molar-refractivity contribution in [2.24, 2.45) is 11.5 Å². The van der Waals surface area contributed by atoms with Gasteiger partial charge in [0.25, 0.3) is 5.91 Å². The van der Waals surface area contributed by atoms with Gasteiger partial charge in [0.1, 0.15) is 12.4 Å². The molecule has 0 aliphatic rings. The molecule has 0 atom stereocenters. The molecule has 0 unspecified atom stereocenters. The highest BCUT2D eigenvalue weighted by molar-refractivity contribution is 5.98. The van der Waals surface area contributed by atoms with Gasteiger partial charge in [0, 0.05) is 6.54 Å². The maximum absolute atomic E-state index is 11.0. The number of ether oxygens (including phenoxy) is 1. The lowest BCUT2D eigenvalue weighted by Crippen LogP contribution is -2.21. The Labute approximate surface area is 103 Å². The number of nitrogen functional groups attached to an aromatic ring is 1. The van der Waals surface area contributed by atoms with Crippen LogP contribution in [0.1, 0.15) is 10.4 Å². The second kappa shape index (κ2) is 6.40. The highest BCUT2D eigenvalue weighted by atomic mass is 16.5. The number of carbonyl (C=O) groups is 2. The molecule has 0 aromatic carbocycles. The van der Waals surface area contributed by atoms with Gasteiger partial charge < -0.3 is 27.3 Å². The van der Waals surface area contributed by atoms with Gasteiger partial charge in [-0.25, -0.2) is 4.98 Å². The number of hydrogen-bond acceptors (Lipinski definition) is 6. The molecule has 0 aliphatic heterocycles. The van der Waals surface area contributed by atoms with Gasteiger partial charge >= 0.3 is 0 Å². The molecule has 98 valence electrons. The van der Waals surface area contributed by atoms with Crippen LogP contribution in [0.2, 0.25) is 0 Å². The summed E-state index contributed by atoms with van der Waals surface area (Å²) < 4.78 is 4.94. The van der Waals surface area contributed by atoms with Gasteiger partial charge in [-0.15, -0.1) is 0 Å². The Hall–Kier alpha value is -2.35. The first-order valence-electron chi connectivity index (χ1n) is 5.16. The van der Waals surface area contributed by atoms with Gasteiger partial charge in [-0.3, -0.25) is 9.59 Å². The number of primary amides is 2. The lowest BCUT2D eigenvalue weighted by Gasteiger charge is -2.08. The number of hydrogen-bond donors (Lipinski definition) is 4. The van der Waals surface area contributed by atoms with Crippen LogP contribution >= 0.6 is 0 Å². The van der Waals surface area contributed by atoms with Crippen molar-refractivity contribution in [3.8, 4) is 0 Å². The molecule has 0 aliphatic carbocycles. The minimum atomic E-state index is -0.622. The van der Waals surface area contributed by atoms with Crippen LogP contribution in [0.5, 0.6) is 0 Å². The molecule has 0 bridgehead atoms. The molecular weight excluding hydrogens is 238 g/mol. The first-order chi connectivity index (χ1) is 8.50.